The van der Waals surface area contributed by atoms with Crippen molar-refractivity contribution in [1.82, 2.24) is 14.9 Å². The fourth-order valence-electron chi connectivity index (χ4n) is 3.88. The molecule has 0 radical (unpaired) electrons. The van der Waals surface area contributed by atoms with Gasteiger partial charge < -0.3 is 15.2 Å². The Bertz CT molecular complexity index is 1100. The van der Waals surface area contributed by atoms with Crippen molar-refractivity contribution >= 4 is 16.9 Å². The Morgan fingerprint density at radius 1 is 1.17 bits per heavy atom. The number of nitrogens with one attached hydrogen (secondary N) is 1. The second-order valence-corrected chi connectivity index (χ2v) is 7.25. The predicted molar refractivity (Wildman–Crippen MR) is 110 cm³/mol. The zero-order chi connectivity index (χ0) is 20.4. The molecule has 0 unspecified atom stereocenters. The molecule has 7 nitrogen and oxygen atoms in total. The zero-order valence-corrected chi connectivity index (χ0v) is 16.2. The highest BCUT2D eigenvalue weighted by molar-refractivity contribution is 6.02. The van der Waals surface area contributed by atoms with Crippen LogP contribution in [0.1, 0.15) is 42.5 Å². The molecule has 1 aromatic carbocycles. The molecule has 1 aliphatic rings. The standard InChI is InChI=1S/C22H23N3O4/c1-29-16-11-9-15(10-12-16)25-20-17(8-5-13-23-20)19(26)18(22(25)28)21(27)24-14-6-3-2-4-7-14/h5,8-14,26H,2-4,6-7H2,1H3,(H,24,27). The van der Waals surface area contributed by atoms with Gasteiger partial charge in [-0.1, -0.05) is 19.3 Å². The Hall–Kier alpha value is -3.35. The van der Waals surface area contributed by atoms with E-state index in [0.717, 1.165) is 32.1 Å². The first kappa shape index (κ1) is 19.0. The average molecular weight is 393 g/mol. The van der Waals surface area contributed by atoms with Crippen molar-refractivity contribution in [3.05, 3.63) is 58.5 Å². The van der Waals surface area contributed by atoms with Gasteiger partial charge in [0.2, 0.25) is 0 Å². The molecule has 2 heterocycles. The average Bonchev–Trinajstić information content (AvgIpc) is 2.75. The maximum absolute atomic E-state index is 13.3. The van der Waals surface area contributed by atoms with Gasteiger partial charge in [0.25, 0.3) is 11.5 Å². The van der Waals surface area contributed by atoms with E-state index in [9.17, 15) is 14.7 Å². The summed E-state index contributed by atoms with van der Waals surface area (Å²) in [7, 11) is 1.56. The molecule has 29 heavy (non-hydrogen) atoms. The van der Waals surface area contributed by atoms with Crippen LogP contribution in [0.25, 0.3) is 16.7 Å². The molecule has 1 amide bonds. The number of aromatic nitrogens is 2. The van der Waals surface area contributed by atoms with E-state index in [1.807, 2.05) is 0 Å². The summed E-state index contributed by atoms with van der Waals surface area (Å²) in [4.78, 5) is 30.5. The van der Waals surface area contributed by atoms with Gasteiger partial charge in [-0.3, -0.25) is 14.2 Å². The highest BCUT2D eigenvalue weighted by Gasteiger charge is 2.25. The van der Waals surface area contributed by atoms with Crippen LogP contribution in [-0.4, -0.2) is 33.7 Å². The van der Waals surface area contributed by atoms with Crippen molar-refractivity contribution in [3.63, 3.8) is 0 Å². The van der Waals surface area contributed by atoms with Crippen LogP contribution in [0, 0.1) is 0 Å². The van der Waals surface area contributed by atoms with E-state index in [-0.39, 0.29) is 23.0 Å². The highest BCUT2D eigenvalue weighted by atomic mass is 16.5. The minimum Gasteiger partial charge on any atom is -0.506 e. The first-order chi connectivity index (χ1) is 14.1. The van der Waals surface area contributed by atoms with Crippen LogP contribution in [0.2, 0.25) is 0 Å². The number of carbonyl (C=O) groups is 1. The largest absolute Gasteiger partial charge is 0.506 e. The van der Waals surface area contributed by atoms with Gasteiger partial charge >= 0.3 is 0 Å². The third kappa shape index (κ3) is 3.55. The molecule has 0 bridgehead atoms. The van der Waals surface area contributed by atoms with E-state index in [4.69, 9.17) is 4.74 Å². The number of benzene rings is 1. The summed E-state index contributed by atoms with van der Waals surface area (Å²) in [5.41, 5.74) is -0.0420. The van der Waals surface area contributed by atoms with E-state index in [0.29, 0.717) is 16.8 Å². The van der Waals surface area contributed by atoms with Crippen molar-refractivity contribution < 1.29 is 14.6 Å². The monoisotopic (exact) mass is 393 g/mol. The van der Waals surface area contributed by atoms with Gasteiger partial charge in [-0.25, -0.2) is 4.98 Å². The van der Waals surface area contributed by atoms with Gasteiger partial charge in [0.15, 0.2) is 5.65 Å². The maximum Gasteiger partial charge on any atom is 0.273 e. The third-order valence-electron chi connectivity index (χ3n) is 5.41. The smallest absolute Gasteiger partial charge is 0.273 e. The maximum atomic E-state index is 13.3. The quantitative estimate of drug-likeness (QED) is 0.710. The predicted octanol–water partition coefficient (Wildman–Crippen LogP) is 3.16. The highest BCUT2D eigenvalue weighted by Crippen LogP contribution is 2.28. The molecule has 1 fully saturated rings. The van der Waals surface area contributed by atoms with Gasteiger partial charge in [-0.15, -0.1) is 0 Å². The lowest BCUT2D eigenvalue weighted by Gasteiger charge is -2.23. The molecular weight excluding hydrogens is 370 g/mol. The molecule has 4 rings (SSSR count). The number of carbonyl (C=O) groups excluding carboxylic acids is 1. The van der Waals surface area contributed by atoms with E-state index < -0.39 is 11.5 Å². The fraction of sp³-hybridized carbons (Fsp3) is 0.318. The Labute approximate surface area is 168 Å². The van der Waals surface area contributed by atoms with Crippen LogP contribution in [-0.2, 0) is 0 Å². The van der Waals surface area contributed by atoms with Gasteiger partial charge in [0, 0.05) is 12.2 Å². The molecule has 0 atom stereocenters. The number of pyridine rings is 2. The van der Waals surface area contributed by atoms with Gasteiger partial charge in [0.05, 0.1) is 18.2 Å². The van der Waals surface area contributed by atoms with Crippen molar-refractivity contribution in [3.8, 4) is 17.2 Å². The molecular formula is C22H23N3O4. The fourth-order valence-corrected chi connectivity index (χ4v) is 3.88. The molecule has 0 spiro atoms. The summed E-state index contributed by atoms with van der Waals surface area (Å²) >= 11 is 0. The normalized spacial score (nSPS) is 14.7. The number of nitrogens with zero attached hydrogens (tertiary/aromatic N) is 2. The van der Waals surface area contributed by atoms with E-state index in [2.05, 4.69) is 10.3 Å². The Morgan fingerprint density at radius 2 is 1.90 bits per heavy atom. The summed E-state index contributed by atoms with van der Waals surface area (Å²) in [5, 5.41) is 14.0. The van der Waals surface area contributed by atoms with Crippen molar-refractivity contribution in [1.29, 1.82) is 0 Å². The molecule has 2 aromatic heterocycles. The lowest BCUT2D eigenvalue weighted by molar-refractivity contribution is 0.0923. The van der Waals surface area contributed by atoms with Gasteiger partial charge in [-0.05, 0) is 49.2 Å². The van der Waals surface area contributed by atoms with Crippen LogP contribution in [0.3, 0.4) is 0 Å². The zero-order valence-electron chi connectivity index (χ0n) is 16.2. The molecule has 7 heteroatoms. The van der Waals surface area contributed by atoms with Crippen LogP contribution in [0.5, 0.6) is 11.5 Å². The van der Waals surface area contributed by atoms with Crippen molar-refractivity contribution in [2.75, 3.05) is 7.11 Å². The first-order valence-corrected chi connectivity index (χ1v) is 9.78. The lowest BCUT2D eigenvalue weighted by atomic mass is 9.95. The number of amides is 1. The molecule has 2 N–H and O–H groups in total. The number of rotatable bonds is 4. The van der Waals surface area contributed by atoms with Crippen molar-refractivity contribution in [2.45, 2.75) is 38.1 Å². The van der Waals surface area contributed by atoms with Gasteiger partial charge in [0.1, 0.15) is 17.1 Å². The van der Waals surface area contributed by atoms with E-state index in [1.54, 1.807) is 49.7 Å². The SMILES string of the molecule is COc1ccc(-n2c(=O)c(C(=O)NC3CCCCC3)c(O)c3cccnc32)cc1. The Kier molecular flexibility index (Phi) is 5.20. The second kappa shape index (κ2) is 7.95. The third-order valence-corrected chi connectivity index (χ3v) is 5.41. The minimum absolute atomic E-state index is 0.0223. The molecule has 0 aliphatic heterocycles. The first-order valence-electron chi connectivity index (χ1n) is 9.78. The molecule has 150 valence electrons. The van der Waals surface area contributed by atoms with Gasteiger partial charge in [-0.2, -0.15) is 0 Å². The number of methoxy groups -OCH3 is 1. The summed E-state index contributed by atoms with van der Waals surface area (Å²) in [6.45, 7) is 0. The molecule has 0 saturated heterocycles. The van der Waals surface area contributed by atoms with Crippen LogP contribution < -0.4 is 15.6 Å². The second-order valence-electron chi connectivity index (χ2n) is 7.25. The van der Waals surface area contributed by atoms with Crippen LogP contribution in [0.15, 0.2) is 47.4 Å². The van der Waals surface area contributed by atoms with Crippen LogP contribution >= 0.6 is 0 Å². The van der Waals surface area contributed by atoms with Crippen LogP contribution in [0.4, 0.5) is 0 Å². The molecule has 1 aliphatic carbocycles. The number of ether oxygens (including phenoxy) is 1. The molecule has 1 saturated carbocycles. The number of aromatic hydroxyl groups is 1. The van der Waals surface area contributed by atoms with E-state index in [1.165, 1.54) is 4.57 Å². The summed E-state index contributed by atoms with van der Waals surface area (Å²) in [6.07, 6.45) is 6.57. The number of hydrogen-bond donors (Lipinski definition) is 2. The number of fused-ring (bicyclic) bond motifs is 1. The Morgan fingerprint density at radius 3 is 2.59 bits per heavy atom. The van der Waals surface area contributed by atoms with E-state index >= 15 is 0 Å². The number of hydrogen-bond acceptors (Lipinski definition) is 5. The van der Waals surface area contributed by atoms with Crippen molar-refractivity contribution in [2.24, 2.45) is 0 Å². The molecule has 3 aromatic rings. The summed E-state index contributed by atoms with van der Waals surface area (Å²) in [6, 6.07) is 10.2. The summed E-state index contributed by atoms with van der Waals surface area (Å²) < 4.78 is 6.53. The summed E-state index contributed by atoms with van der Waals surface area (Å²) in [5.74, 6) is -0.239. The lowest BCUT2D eigenvalue weighted by Crippen LogP contribution is -2.40. The topological polar surface area (TPSA) is 93.5 Å². The Balaban J connectivity index is 1.86. The minimum atomic E-state index is -0.604.